The van der Waals surface area contributed by atoms with Crippen LogP contribution in [0.3, 0.4) is 0 Å². The zero-order valence-electron chi connectivity index (χ0n) is 12.5. The molecular formula is C16H29NO. The summed E-state index contributed by atoms with van der Waals surface area (Å²) < 4.78 is 0. The lowest BCUT2D eigenvalue weighted by Gasteiger charge is -2.30. The predicted molar refractivity (Wildman–Crippen MR) is 75.5 cm³/mol. The molecule has 3 unspecified atom stereocenters. The van der Waals surface area contributed by atoms with E-state index >= 15 is 0 Å². The largest absolute Gasteiger partial charge is 0.302 e. The van der Waals surface area contributed by atoms with Gasteiger partial charge in [-0.1, -0.05) is 27.7 Å². The Hall–Kier alpha value is -0.370. The van der Waals surface area contributed by atoms with Crippen molar-refractivity contribution < 1.29 is 4.79 Å². The van der Waals surface area contributed by atoms with Crippen molar-refractivity contribution in [3.05, 3.63) is 0 Å². The fraction of sp³-hybridized carbons (Fsp3) is 0.938. The number of hydrogen-bond acceptors (Lipinski definition) is 2. The second-order valence-electron chi connectivity index (χ2n) is 7.65. The zero-order chi connectivity index (χ0) is 13.3. The van der Waals surface area contributed by atoms with E-state index in [9.17, 15) is 4.79 Å². The lowest BCUT2D eigenvalue weighted by atomic mass is 9.80. The normalized spacial score (nSPS) is 35.1. The summed E-state index contributed by atoms with van der Waals surface area (Å²) in [4.78, 5) is 14.5. The molecule has 0 radical (unpaired) electrons. The van der Waals surface area contributed by atoms with Crippen LogP contribution in [-0.4, -0.2) is 30.3 Å². The number of likely N-dealkylation sites (tertiary alicyclic amines) is 1. The molecule has 1 aliphatic carbocycles. The molecule has 1 aliphatic heterocycles. The van der Waals surface area contributed by atoms with Gasteiger partial charge >= 0.3 is 0 Å². The van der Waals surface area contributed by atoms with E-state index in [1.807, 2.05) is 0 Å². The van der Waals surface area contributed by atoms with Crippen LogP contribution >= 0.6 is 0 Å². The lowest BCUT2D eigenvalue weighted by molar-refractivity contribution is -0.126. The van der Waals surface area contributed by atoms with Gasteiger partial charge in [0.25, 0.3) is 0 Å². The first-order chi connectivity index (χ1) is 8.36. The molecule has 0 aromatic carbocycles. The third-order valence-electron chi connectivity index (χ3n) is 5.00. The molecule has 3 atom stereocenters. The Morgan fingerprint density at radius 1 is 1.28 bits per heavy atom. The van der Waals surface area contributed by atoms with Crippen molar-refractivity contribution in [2.24, 2.45) is 23.2 Å². The number of hydrogen-bond donors (Lipinski definition) is 0. The molecule has 0 N–H and O–H groups in total. The Morgan fingerprint density at radius 3 is 2.61 bits per heavy atom. The van der Waals surface area contributed by atoms with E-state index in [2.05, 4.69) is 32.6 Å². The topological polar surface area (TPSA) is 20.3 Å². The van der Waals surface area contributed by atoms with Gasteiger partial charge in [-0.25, -0.2) is 0 Å². The quantitative estimate of drug-likeness (QED) is 0.750. The minimum absolute atomic E-state index is 0.326. The van der Waals surface area contributed by atoms with Crippen molar-refractivity contribution in [3.63, 3.8) is 0 Å². The first kappa shape index (κ1) is 14.0. The Morgan fingerprint density at radius 2 is 2.00 bits per heavy atom. The van der Waals surface area contributed by atoms with Crippen molar-refractivity contribution >= 4 is 5.78 Å². The Kier molecular flexibility index (Phi) is 4.15. The molecule has 2 nitrogen and oxygen atoms in total. The fourth-order valence-electron chi connectivity index (χ4n) is 3.52. The Balaban J connectivity index is 1.85. The third kappa shape index (κ3) is 3.34. The van der Waals surface area contributed by atoms with E-state index in [0.717, 1.165) is 37.6 Å². The summed E-state index contributed by atoms with van der Waals surface area (Å²) >= 11 is 0. The van der Waals surface area contributed by atoms with Gasteiger partial charge in [0.2, 0.25) is 0 Å². The summed E-state index contributed by atoms with van der Waals surface area (Å²) in [5, 5.41) is 0. The first-order valence-corrected chi connectivity index (χ1v) is 7.61. The van der Waals surface area contributed by atoms with E-state index in [0.29, 0.717) is 17.1 Å². The average Bonchev–Trinajstić information content (AvgIpc) is 2.71. The SMILES string of the molecule is CC1CCC(=O)C(CN2CCC(C(C)(C)C)C2)C1. The minimum Gasteiger partial charge on any atom is -0.302 e. The highest BCUT2D eigenvalue weighted by atomic mass is 16.1. The van der Waals surface area contributed by atoms with Crippen molar-refractivity contribution in [2.75, 3.05) is 19.6 Å². The van der Waals surface area contributed by atoms with Gasteiger partial charge in [-0.05, 0) is 43.1 Å². The van der Waals surface area contributed by atoms with E-state index in [1.54, 1.807) is 0 Å². The molecule has 0 aromatic rings. The van der Waals surface area contributed by atoms with Gasteiger partial charge in [0, 0.05) is 25.4 Å². The van der Waals surface area contributed by atoms with Crippen molar-refractivity contribution in [1.82, 2.24) is 4.90 Å². The molecule has 1 heterocycles. The molecule has 0 aromatic heterocycles. The van der Waals surface area contributed by atoms with E-state index in [1.165, 1.54) is 19.5 Å². The summed E-state index contributed by atoms with van der Waals surface area (Å²) in [7, 11) is 0. The fourth-order valence-corrected chi connectivity index (χ4v) is 3.52. The Labute approximate surface area is 112 Å². The predicted octanol–water partition coefficient (Wildman–Crippen LogP) is 3.36. The van der Waals surface area contributed by atoms with Gasteiger partial charge in [0.1, 0.15) is 5.78 Å². The van der Waals surface area contributed by atoms with Gasteiger partial charge in [0.05, 0.1) is 0 Å². The van der Waals surface area contributed by atoms with Gasteiger partial charge in [-0.2, -0.15) is 0 Å². The molecule has 0 bridgehead atoms. The smallest absolute Gasteiger partial charge is 0.137 e. The van der Waals surface area contributed by atoms with Crippen molar-refractivity contribution in [3.8, 4) is 0 Å². The number of carbonyl (C=O) groups is 1. The van der Waals surface area contributed by atoms with Crippen LogP contribution < -0.4 is 0 Å². The number of ketones is 1. The maximum absolute atomic E-state index is 12.0. The van der Waals surface area contributed by atoms with Gasteiger partial charge in [-0.3, -0.25) is 4.79 Å². The maximum atomic E-state index is 12.0. The molecule has 2 aliphatic rings. The number of Topliss-reactive ketones (excluding diaryl/α,β-unsaturated/α-hetero) is 1. The summed E-state index contributed by atoms with van der Waals surface area (Å²) in [6.07, 6.45) is 4.36. The maximum Gasteiger partial charge on any atom is 0.137 e. The van der Waals surface area contributed by atoms with E-state index in [-0.39, 0.29) is 0 Å². The molecule has 2 rings (SSSR count). The average molecular weight is 251 g/mol. The van der Waals surface area contributed by atoms with Crippen LogP contribution in [0, 0.1) is 23.2 Å². The van der Waals surface area contributed by atoms with Crippen LogP contribution in [0.1, 0.15) is 53.4 Å². The molecule has 104 valence electrons. The van der Waals surface area contributed by atoms with Crippen LogP contribution in [0.4, 0.5) is 0 Å². The van der Waals surface area contributed by atoms with Crippen LogP contribution in [0.15, 0.2) is 0 Å². The van der Waals surface area contributed by atoms with Gasteiger partial charge < -0.3 is 4.90 Å². The van der Waals surface area contributed by atoms with Gasteiger partial charge in [0.15, 0.2) is 0 Å². The standard InChI is InChI=1S/C16H29NO/c1-12-5-6-15(18)13(9-12)10-17-8-7-14(11-17)16(2,3)4/h12-14H,5-11H2,1-4H3. The molecule has 0 amide bonds. The highest BCUT2D eigenvalue weighted by Gasteiger charge is 2.34. The van der Waals surface area contributed by atoms with Crippen molar-refractivity contribution in [2.45, 2.75) is 53.4 Å². The van der Waals surface area contributed by atoms with Crippen LogP contribution in [0.25, 0.3) is 0 Å². The molecule has 0 spiro atoms. The molecule has 2 heteroatoms. The van der Waals surface area contributed by atoms with Crippen LogP contribution in [0.2, 0.25) is 0 Å². The van der Waals surface area contributed by atoms with Gasteiger partial charge in [-0.15, -0.1) is 0 Å². The Bertz CT molecular complexity index is 305. The molecule has 1 saturated heterocycles. The molecule has 1 saturated carbocycles. The van der Waals surface area contributed by atoms with Crippen LogP contribution in [0.5, 0.6) is 0 Å². The summed E-state index contributed by atoms with van der Waals surface area (Å²) in [6.45, 7) is 12.7. The third-order valence-corrected chi connectivity index (χ3v) is 5.00. The van der Waals surface area contributed by atoms with E-state index in [4.69, 9.17) is 0 Å². The monoisotopic (exact) mass is 251 g/mol. The minimum atomic E-state index is 0.326. The number of rotatable bonds is 2. The van der Waals surface area contributed by atoms with Crippen molar-refractivity contribution in [1.29, 1.82) is 0 Å². The summed E-state index contributed by atoms with van der Waals surface area (Å²) in [5.74, 6) is 2.39. The lowest BCUT2D eigenvalue weighted by Crippen LogP contribution is -2.36. The van der Waals surface area contributed by atoms with Crippen LogP contribution in [-0.2, 0) is 4.79 Å². The highest BCUT2D eigenvalue weighted by molar-refractivity contribution is 5.81. The zero-order valence-corrected chi connectivity index (χ0v) is 12.5. The molecule has 18 heavy (non-hydrogen) atoms. The highest BCUT2D eigenvalue weighted by Crippen LogP contribution is 2.35. The second-order valence-corrected chi connectivity index (χ2v) is 7.65. The number of nitrogens with zero attached hydrogens (tertiary/aromatic N) is 1. The molecule has 2 fully saturated rings. The molecular weight excluding hydrogens is 222 g/mol. The summed E-state index contributed by atoms with van der Waals surface area (Å²) in [5.41, 5.74) is 0.415. The first-order valence-electron chi connectivity index (χ1n) is 7.61. The summed E-state index contributed by atoms with van der Waals surface area (Å²) in [6, 6.07) is 0. The number of carbonyl (C=O) groups excluding carboxylic acids is 1. The van der Waals surface area contributed by atoms with E-state index < -0.39 is 0 Å². The second kappa shape index (κ2) is 5.32.